The number of benzene rings is 3. The molecule has 6 nitrogen and oxygen atoms in total. The standard InChI is InChI=1S/C24H18O6/c1-27-19-8-6-18(7-9-19)24(26)30-20-10-4-17(5-11-20)21(25)12-2-16-3-13-22-23(14-16)29-15-28-22/h2-14H,15H2,1H3/b12-2+. The van der Waals surface area contributed by atoms with Gasteiger partial charge < -0.3 is 18.9 Å². The van der Waals surface area contributed by atoms with Crippen LogP contribution in [0.1, 0.15) is 26.3 Å². The Balaban J connectivity index is 1.38. The molecule has 0 aromatic heterocycles. The van der Waals surface area contributed by atoms with Gasteiger partial charge in [-0.2, -0.15) is 0 Å². The van der Waals surface area contributed by atoms with Crippen molar-refractivity contribution in [2.24, 2.45) is 0 Å². The molecule has 30 heavy (non-hydrogen) atoms. The second-order valence-corrected chi connectivity index (χ2v) is 6.45. The third-order valence-electron chi connectivity index (χ3n) is 4.50. The fraction of sp³-hybridized carbons (Fsp3) is 0.0833. The molecule has 3 aromatic rings. The number of hydrogen-bond acceptors (Lipinski definition) is 6. The van der Waals surface area contributed by atoms with E-state index in [1.807, 2.05) is 12.1 Å². The second-order valence-electron chi connectivity index (χ2n) is 6.45. The molecule has 0 spiro atoms. The van der Waals surface area contributed by atoms with Gasteiger partial charge in [-0.1, -0.05) is 12.1 Å². The Morgan fingerprint density at radius 1 is 0.833 bits per heavy atom. The number of allylic oxidation sites excluding steroid dienone is 1. The van der Waals surface area contributed by atoms with Gasteiger partial charge >= 0.3 is 5.97 Å². The lowest BCUT2D eigenvalue weighted by molar-refractivity contribution is 0.0734. The second kappa shape index (κ2) is 8.53. The van der Waals surface area contributed by atoms with Gasteiger partial charge in [-0.15, -0.1) is 0 Å². The van der Waals surface area contributed by atoms with Crippen LogP contribution in [0.3, 0.4) is 0 Å². The average Bonchev–Trinajstić information content (AvgIpc) is 3.26. The summed E-state index contributed by atoms with van der Waals surface area (Å²) in [7, 11) is 1.56. The van der Waals surface area contributed by atoms with Gasteiger partial charge in [0.15, 0.2) is 17.3 Å². The number of esters is 1. The summed E-state index contributed by atoms with van der Waals surface area (Å²) in [6.45, 7) is 0.205. The van der Waals surface area contributed by atoms with Crippen molar-refractivity contribution in [1.29, 1.82) is 0 Å². The quantitative estimate of drug-likeness (QED) is 0.261. The zero-order valence-electron chi connectivity index (χ0n) is 16.2. The minimum atomic E-state index is -0.487. The van der Waals surface area contributed by atoms with Crippen LogP contribution < -0.4 is 18.9 Å². The molecular weight excluding hydrogens is 384 g/mol. The van der Waals surface area contributed by atoms with E-state index in [0.29, 0.717) is 34.1 Å². The van der Waals surface area contributed by atoms with E-state index < -0.39 is 5.97 Å². The van der Waals surface area contributed by atoms with E-state index in [-0.39, 0.29) is 12.6 Å². The van der Waals surface area contributed by atoms with E-state index >= 15 is 0 Å². The van der Waals surface area contributed by atoms with Crippen molar-refractivity contribution in [1.82, 2.24) is 0 Å². The first kappa shape index (κ1) is 19.3. The summed E-state index contributed by atoms with van der Waals surface area (Å²) >= 11 is 0. The summed E-state index contributed by atoms with van der Waals surface area (Å²) in [5.74, 6) is 1.71. The van der Waals surface area contributed by atoms with Crippen molar-refractivity contribution in [3.8, 4) is 23.0 Å². The molecule has 6 heteroatoms. The molecule has 1 aliphatic heterocycles. The van der Waals surface area contributed by atoms with Crippen molar-refractivity contribution in [2.75, 3.05) is 13.9 Å². The normalized spacial score (nSPS) is 12.0. The lowest BCUT2D eigenvalue weighted by Crippen LogP contribution is -2.08. The number of fused-ring (bicyclic) bond motifs is 1. The van der Waals surface area contributed by atoms with Gasteiger partial charge in [0.25, 0.3) is 0 Å². The summed E-state index contributed by atoms with van der Waals surface area (Å²) in [5.41, 5.74) is 1.72. The van der Waals surface area contributed by atoms with Crippen molar-refractivity contribution in [3.63, 3.8) is 0 Å². The van der Waals surface area contributed by atoms with Gasteiger partial charge in [-0.05, 0) is 72.3 Å². The minimum Gasteiger partial charge on any atom is -0.497 e. The van der Waals surface area contributed by atoms with E-state index in [1.165, 1.54) is 6.08 Å². The van der Waals surface area contributed by atoms with Gasteiger partial charge in [-0.25, -0.2) is 4.79 Å². The Morgan fingerprint density at radius 2 is 1.50 bits per heavy atom. The molecule has 0 radical (unpaired) electrons. The maximum atomic E-state index is 12.4. The van der Waals surface area contributed by atoms with Crippen LogP contribution in [-0.4, -0.2) is 25.7 Å². The smallest absolute Gasteiger partial charge is 0.343 e. The molecule has 3 aromatic carbocycles. The molecule has 0 N–H and O–H groups in total. The highest BCUT2D eigenvalue weighted by Crippen LogP contribution is 2.32. The first-order valence-electron chi connectivity index (χ1n) is 9.21. The van der Waals surface area contributed by atoms with E-state index in [0.717, 1.165) is 5.56 Å². The van der Waals surface area contributed by atoms with Crippen molar-refractivity contribution >= 4 is 17.8 Å². The molecule has 1 aliphatic rings. The molecule has 0 aliphatic carbocycles. The van der Waals surface area contributed by atoms with Crippen molar-refractivity contribution < 1.29 is 28.5 Å². The van der Waals surface area contributed by atoms with Gasteiger partial charge in [0.1, 0.15) is 11.5 Å². The monoisotopic (exact) mass is 402 g/mol. The molecule has 4 rings (SSSR count). The lowest BCUT2D eigenvalue weighted by Gasteiger charge is -2.06. The van der Waals surface area contributed by atoms with Crippen LogP contribution >= 0.6 is 0 Å². The Hall–Kier alpha value is -4.06. The molecule has 150 valence electrons. The lowest BCUT2D eigenvalue weighted by atomic mass is 10.1. The Labute approximate surface area is 173 Å². The van der Waals surface area contributed by atoms with E-state index in [4.69, 9.17) is 18.9 Å². The zero-order valence-corrected chi connectivity index (χ0v) is 16.2. The molecule has 0 saturated carbocycles. The molecule has 0 bridgehead atoms. The maximum Gasteiger partial charge on any atom is 0.343 e. The summed E-state index contributed by atoms with van der Waals surface area (Å²) in [6, 6.07) is 18.5. The molecular formula is C24H18O6. The molecule has 0 saturated heterocycles. The van der Waals surface area contributed by atoms with Crippen molar-refractivity contribution in [2.45, 2.75) is 0 Å². The fourth-order valence-electron chi connectivity index (χ4n) is 2.87. The van der Waals surface area contributed by atoms with E-state index in [2.05, 4.69) is 0 Å². The summed E-state index contributed by atoms with van der Waals surface area (Å²) in [5, 5.41) is 0. The average molecular weight is 402 g/mol. The topological polar surface area (TPSA) is 71.1 Å². The Bertz CT molecular complexity index is 1100. The molecule has 0 unspecified atom stereocenters. The highest BCUT2D eigenvalue weighted by molar-refractivity contribution is 6.07. The molecule has 0 atom stereocenters. The molecule has 0 fully saturated rings. The van der Waals surface area contributed by atoms with Crippen LogP contribution in [-0.2, 0) is 0 Å². The Kier molecular flexibility index (Phi) is 5.48. The first-order chi connectivity index (χ1) is 14.6. The third kappa shape index (κ3) is 4.33. The van der Waals surface area contributed by atoms with Crippen LogP contribution in [0.15, 0.2) is 72.8 Å². The zero-order chi connectivity index (χ0) is 20.9. The number of hydrogen-bond donors (Lipinski definition) is 0. The summed E-state index contributed by atoms with van der Waals surface area (Å²) < 4.78 is 21.0. The van der Waals surface area contributed by atoms with Gasteiger partial charge in [-0.3, -0.25) is 4.79 Å². The first-order valence-corrected chi connectivity index (χ1v) is 9.21. The predicted octanol–water partition coefficient (Wildman–Crippen LogP) is 4.54. The van der Waals surface area contributed by atoms with Gasteiger partial charge in [0.05, 0.1) is 12.7 Å². The number of carbonyl (C=O) groups excluding carboxylic acids is 2. The van der Waals surface area contributed by atoms with Gasteiger partial charge in [0, 0.05) is 5.56 Å². The molecule has 1 heterocycles. The SMILES string of the molecule is COc1ccc(C(=O)Oc2ccc(C(=O)/C=C/c3ccc4c(c3)OCO4)cc2)cc1. The summed E-state index contributed by atoms with van der Waals surface area (Å²) in [4.78, 5) is 24.6. The van der Waals surface area contributed by atoms with Crippen LogP contribution in [0.2, 0.25) is 0 Å². The number of rotatable bonds is 6. The van der Waals surface area contributed by atoms with E-state index in [1.54, 1.807) is 67.8 Å². The summed E-state index contributed by atoms with van der Waals surface area (Å²) in [6.07, 6.45) is 3.19. The van der Waals surface area contributed by atoms with Crippen LogP contribution in [0, 0.1) is 0 Å². The maximum absolute atomic E-state index is 12.4. The Morgan fingerprint density at radius 3 is 2.23 bits per heavy atom. The van der Waals surface area contributed by atoms with Crippen LogP contribution in [0.5, 0.6) is 23.0 Å². The van der Waals surface area contributed by atoms with Gasteiger partial charge in [0.2, 0.25) is 6.79 Å². The highest BCUT2D eigenvalue weighted by atomic mass is 16.7. The number of carbonyl (C=O) groups is 2. The number of methoxy groups -OCH3 is 1. The highest BCUT2D eigenvalue weighted by Gasteiger charge is 2.13. The van der Waals surface area contributed by atoms with E-state index in [9.17, 15) is 9.59 Å². The van der Waals surface area contributed by atoms with Crippen LogP contribution in [0.25, 0.3) is 6.08 Å². The largest absolute Gasteiger partial charge is 0.497 e. The third-order valence-corrected chi connectivity index (χ3v) is 4.50. The van der Waals surface area contributed by atoms with Crippen molar-refractivity contribution in [3.05, 3.63) is 89.5 Å². The molecule has 0 amide bonds. The minimum absolute atomic E-state index is 0.166. The predicted molar refractivity (Wildman–Crippen MR) is 110 cm³/mol. The number of ether oxygens (including phenoxy) is 4. The van der Waals surface area contributed by atoms with Crippen LogP contribution in [0.4, 0.5) is 0 Å². The number of ketones is 1. The fourth-order valence-corrected chi connectivity index (χ4v) is 2.87.